The Hall–Kier alpha value is -3.46. The van der Waals surface area contributed by atoms with Crippen LogP contribution in [0.15, 0.2) is 53.2 Å². The number of thiocarbonyl (C=S) groups is 1. The Labute approximate surface area is 161 Å². The first kappa shape index (κ1) is 19.9. The number of carbonyl (C=O) groups is 3. The van der Waals surface area contributed by atoms with Crippen LogP contribution < -0.4 is 21.5 Å². The van der Waals surface area contributed by atoms with Gasteiger partial charge in [0.15, 0.2) is 5.11 Å². The first-order chi connectivity index (χ1) is 13.0. The second-order valence-corrected chi connectivity index (χ2v) is 5.63. The Balaban J connectivity index is 1.78. The summed E-state index contributed by atoms with van der Waals surface area (Å²) in [5.41, 5.74) is 5.75. The predicted molar refractivity (Wildman–Crippen MR) is 104 cm³/mol. The zero-order valence-electron chi connectivity index (χ0n) is 14.4. The lowest BCUT2D eigenvalue weighted by Crippen LogP contribution is -2.48. The summed E-state index contributed by atoms with van der Waals surface area (Å²) in [6, 6.07) is 9.72. The predicted octanol–water partition coefficient (Wildman–Crippen LogP) is 1.98. The standard InChI is InChI=1S/C18H18N4O4S/c1-2-15(23)19-13-7-5-12(6-8-13)17(25)21-22-18(27)20-16(24)10-9-14-4-3-11-26-14/h3-11H,2H2,1H3,(H,19,23)(H,21,25)(H2,20,22,24,27)/b10-9+. The fourth-order valence-corrected chi connectivity index (χ4v) is 2.02. The molecule has 27 heavy (non-hydrogen) atoms. The van der Waals surface area contributed by atoms with Crippen LogP contribution in [0.3, 0.4) is 0 Å². The minimum absolute atomic E-state index is 0.0655. The molecule has 1 aromatic carbocycles. The molecule has 0 bridgehead atoms. The average Bonchev–Trinajstić information content (AvgIpc) is 3.18. The third kappa shape index (κ3) is 6.75. The number of rotatable bonds is 5. The van der Waals surface area contributed by atoms with Crippen LogP contribution in [-0.2, 0) is 9.59 Å². The molecule has 0 fully saturated rings. The highest BCUT2D eigenvalue weighted by Crippen LogP contribution is 2.09. The van der Waals surface area contributed by atoms with Gasteiger partial charge in [-0.25, -0.2) is 0 Å². The van der Waals surface area contributed by atoms with Gasteiger partial charge in [0, 0.05) is 23.7 Å². The smallest absolute Gasteiger partial charge is 0.269 e. The van der Waals surface area contributed by atoms with Gasteiger partial charge in [-0.2, -0.15) is 0 Å². The van der Waals surface area contributed by atoms with Crippen molar-refractivity contribution < 1.29 is 18.8 Å². The summed E-state index contributed by atoms with van der Waals surface area (Å²) in [7, 11) is 0. The van der Waals surface area contributed by atoms with Crippen molar-refractivity contribution in [3.8, 4) is 0 Å². The van der Waals surface area contributed by atoms with Crippen molar-refractivity contribution in [2.75, 3.05) is 5.32 Å². The molecule has 0 spiro atoms. The minimum Gasteiger partial charge on any atom is -0.465 e. The summed E-state index contributed by atoms with van der Waals surface area (Å²) < 4.78 is 5.06. The number of hydrogen-bond donors (Lipinski definition) is 4. The molecule has 0 aliphatic rings. The van der Waals surface area contributed by atoms with E-state index in [4.69, 9.17) is 16.6 Å². The van der Waals surface area contributed by atoms with E-state index in [0.29, 0.717) is 23.4 Å². The van der Waals surface area contributed by atoms with E-state index in [2.05, 4.69) is 21.5 Å². The average molecular weight is 386 g/mol. The maximum atomic E-state index is 12.0. The highest BCUT2D eigenvalue weighted by molar-refractivity contribution is 7.80. The van der Waals surface area contributed by atoms with Crippen molar-refractivity contribution in [3.63, 3.8) is 0 Å². The molecule has 4 N–H and O–H groups in total. The molecular formula is C18H18N4O4S. The second-order valence-electron chi connectivity index (χ2n) is 5.23. The Morgan fingerprint density at radius 1 is 1.11 bits per heavy atom. The van der Waals surface area contributed by atoms with Crippen molar-refractivity contribution in [1.29, 1.82) is 0 Å². The SMILES string of the molecule is CCC(=O)Nc1ccc(C(=O)NNC(=S)NC(=O)/C=C/c2ccco2)cc1. The number of furan rings is 1. The molecule has 0 aliphatic carbocycles. The summed E-state index contributed by atoms with van der Waals surface area (Å²) >= 11 is 4.93. The molecule has 2 aromatic rings. The van der Waals surface area contributed by atoms with Gasteiger partial charge in [0.1, 0.15) is 5.76 Å². The molecule has 0 saturated carbocycles. The van der Waals surface area contributed by atoms with Gasteiger partial charge in [-0.1, -0.05) is 6.92 Å². The second kappa shape index (κ2) is 9.88. The van der Waals surface area contributed by atoms with Gasteiger partial charge >= 0.3 is 0 Å². The highest BCUT2D eigenvalue weighted by atomic mass is 32.1. The van der Waals surface area contributed by atoms with E-state index in [-0.39, 0.29) is 11.0 Å². The third-order valence-corrected chi connectivity index (χ3v) is 3.42. The normalized spacial score (nSPS) is 10.3. The Morgan fingerprint density at radius 2 is 1.85 bits per heavy atom. The number of anilines is 1. The van der Waals surface area contributed by atoms with Crippen molar-refractivity contribution in [2.45, 2.75) is 13.3 Å². The van der Waals surface area contributed by atoms with E-state index in [9.17, 15) is 14.4 Å². The van der Waals surface area contributed by atoms with E-state index < -0.39 is 11.8 Å². The largest absolute Gasteiger partial charge is 0.465 e. The number of nitrogens with one attached hydrogen (secondary N) is 4. The lowest BCUT2D eigenvalue weighted by molar-refractivity contribution is -0.116. The van der Waals surface area contributed by atoms with Crippen LogP contribution in [0, 0.1) is 0 Å². The number of carbonyl (C=O) groups excluding carboxylic acids is 3. The van der Waals surface area contributed by atoms with Gasteiger partial charge in [0.05, 0.1) is 6.26 Å². The van der Waals surface area contributed by atoms with Gasteiger partial charge in [0.2, 0.25) is 11.8 Å². The van der Waals surface area contributed by atoms with E-state index in [1.807, 2.05) is 0 Å². The van der Waals surface area contributed by atoms with Gasteiger partial charge in [-0.15, -0.1) is 0 Å². The lowest BCUT2D eigenvalue weighted by Gasteiger charge is -2.10. The van der Waals surface area contributed by atoms with Crippen LogP contribution in [0.25, 0.3) is 6.08 Å². The number of hydrazine groups is 1. The fourth-order valence-electron chi connectivity index (χ4n) is 1.87. The highest BCUT2D eigenvalue weighted by Gasteiger charge is 2.07. The molecule has 0 aliphatic heterocycles. The van der Waals surface area contributed by atoms with Crippen LogP contribution in [0.4, 0.5) is 5.69 Å². The van der Waals surface area contributed by atoms with Gasteiger partial charge in [-0.05, 0) is 54.7 Å². The number of hydrogen-bond acceptors (Lipinski definition) is 5. The molecule has 0 saturated heterocycles. The van der Waals surface area contributed by atoms with Crippen LogP contribution in [0.1, 0.15) is 29.5 Å². The Bertz CT molecular complexity index is 845. The topological polar surface area (TPSA) is 112 Å². The summed E-state index contributed by atoms with van der Waals surface area (Å²) in [5.74, 6) is -0.521. The molecular weight excluding hydrogens is 368 g/mol. The zero-order valence-corrected chi connectivity index (χ0v) is 15.3. The lowest BCUT2D eigenvalue weighted by atomic mass is 10.2. The summed E-state index contributed by atoms with van der Waals surface area (Å²) in [5, 5.41) is 5.00. The number of amides is 3. The van der Waals surface area contributed by atoms with Crippen LogP contribution in [-0.4, -0.2) is 22.8 Å². The fraction of sp³-hybridized carbons (Fsp3) is 0.111. The maximum Gasteiger partial charge on any atom is 0.269 e. The quantitative estimate of drug-likeness (QED) is 0.355. The minimum atomic E-state index is -0.478. The Morgan fingerprint density at radius 3 is 2.48 bits per heavy atom. The van der Waals surface area contributed by atoms with E-state index in [1.165, 1.54) is 18.4 Å². The zero-order chi connectivity index (χ0) is 19.6. The van der Waals surface area contributed by atoms with Crippen molar-refractivity contribution in [3.05, 3.63) is 60.1 Å². The van der Waals surface area contributed by atoms with Crippen LogP contribution >= 0.6 is 12.2 Å². The summed E-state index contributed by atoms with van der Waals surface area (Å²) in [6.45, 7) is 1.75. The Kier molecular flexibility index (Phi) is 7.26. The maximum absolute atomic E-state index is 12.0. The summed E-state index contributed by atoms with van der Waals surface area (Å²) in [6.07, 6.45) is 4.59. The van der Waals surface area contributed by atoms with Crippen molar-refractivity contribution in [1.82, 2.24) is 16.2 Å². The van der Waals surface area contributed by atoms with Gasteiger partial charge in [-0.3, -0.25) is 30.6 Å². The van der Waals surface area contributed by atoms with E-state index >= 15 is 0 Å². The molecule has 0 radical (unpaired) electrons. The number of benzene rings is 1. The van der Waals surface area contributed by atoms with Gasteiger partial charge < -0.3 is 9.73 Å². The molecule has 140 valence electrons. The van der Waals surface area contributed by atoms with Crippen LogP contribution in [0.2, 0.25) is 0 Å². The van der Waals surface area contributed by atoms with Crippen molar-refractivity contribution >= 4 is 46.8 Å². The van der Waals surface area contributed by atoms with Gasteiger partial charge in [0.25, 0.3) is 5.91 Å². The van der Waals surface area contributed by atoms with Crippen molar-refractivity contribution in [2.24, 2.45) is 0 Å². The third-order valence-electron chi connectivity index (χ3n) is 3.22. The van der Waals surface area contributed by atoms with E-state index in [1.54, 1.807) is 43.3 Å². The molecule has 2 rings (SSSR count). The van der Waals surface area contributed by atoms with E-state index in [0.717, 1.165) is 0 Å². The molecule has 8 nitrogen and oxygen atoms in total. The first-order valence-corrected chi connectivity index (χ1v) is 8.41. The molecule has 0 atom stereocenters. The monoisotopic (exact) mass is 386 g/mol. The van der Waals surface area contributed by atoms with Crippen LogP contribution in [0.5, 0.6) is 0 Å². The molecule has 0 unspecified atom stereocenters. The molecule has 1 aromatic heterocycles. The summed E-state index contributed by atoms with van der Waals surface area (Å²) in [4.78, 5) is 35.1. The molecule has 9 heteroatoms. The molecule has 3 amide bonds. The molecule has 1 heterocycles. The first-order valence-electron chi connectivity index (χ1n) is 8.00.